The Kier molecular flexibility index (Phi) is 4.75. The van der Waals surface area contributed by atoms with E-state index in [9.17, 15) is 8.42 Å². The van der Waals surface area contributed by atoms with E-state index >= 15 is 0 Å². The molecule has 2 N–H and O–H groups in total. The van der Waals surface area contributed by atoms with Crippen LogP contribution in [0.15, 0.2) is 23.1 Å². The quantitative estimate of drug-likeness (QED) is 0.898. The highest BCUT2D eigenvalue weighted by molar-refractivity contribution is 7.89. The summed E-state index contributed by atoms with van der Waals surface area (Å²) in [5.41, 5.74) is 5.95. The van der Waals surface area contributed by atoms with Gasteiger partial charge >= 0.3 is 0 Å². The predicted molar refractivity (Wildman–Crippen MR) is 80.1 cm³/mol. The van der Waals surface area contributed by atoms with Gasteiger partial charge in [0.1, 0.15) is 16.4 Å². The fourth-order valence-corrected chi connectivity index (χ4v) is 4.43. The van der Waals surface area contributed by atoms with Crippen LogP contribution in [0.2, 0.25) is 0 Å². The molecule has 2 unspecified atom stereocenters. The Morgan fingerprint density at radius 1 is 1.24 bits per heavy atom. The van der Waals surface area contributed by atoms with Crippen LogP contribution in [-0.4, -0.2) is 46.1 Å². The standard InChI is InChI=1S/C14H22N2O4S/c1-10-6-11(15)9-16(8-10)21(17,18)14-5-4-12(19-2)7-13(14)20-3/h4-5,7,10-11H,6,8-9,15H2,1-3H3. The lowest BCUT2D eigenvalue weighted by molar-refractivity contribution is 0.253. The SMILES string of the molecule is COc1ccc(S(=O)(=O)N2CC(C)CC(N)C2)c(OC)c1. The predicted octanol–water partition coefficient (Wildman–Crippen LogP) is 1.06. The van der Waals surface area contributed by atoms with Gasteiger partial charge in [-0.05, 0) is 24.5 Å². The summed E-state index contributed by atoms with van der Waals surface area (Å²) < 4.78 is 37.4. The van der Waals surface area contributed by atoms with Crippen molar-refractivity contribution in [3.8, 4) is 11.5 Å². The normalized spacial score (nSPS) is 23.8. The van der Waals surface area contributed by atoms with Crippen molar-refractivity contribution in [3.63, 3.8) is 0 Å². The summed E-state index contributed by atoms with van der Waals surface area (Å²) in [6.45, 7) is 2.82. The fourth-order valence-electron chi connectivity index (χ4n) is 2.67. The van der Waals surface area contributed by atoms with Gasteiger partial charge in [-0.15, -0.1) is 0 Å². The summed E-state index contributed by atoms with van der Waals surface area (Å²) in [7, 11) is -0.658. The number of hydrogen-bond acceptors (Lipinski definition) is 5. The Hall–Kier alpha value is -1.31. The molecule has 1 aliphatic rings. The molecule has 0 aromatic heterocycles. The average molecular weight is 314 g/mol. The molecule has 7 heteroatoms. The number of ether oxygens (including phenoxy) is 2. The molecule has 1 heterocycles. The molecule has 6 nitrogen and oxygen atoms in total. The zero-order valence-corrected chi connectivity index (χ0v) is 13.4. The van der Waals surface area contributed by atoms with Gasteiger partial charge in [-0.2, -0.15) is 4.31 Å². The van der Waals surface area contributed by atoms with E-state index in [-0.39, 0.29) is 22.6 Å². The van der Waals surface area contributed by atoms with Crippen LogP contribution in [-0.2, 0) is 10.0 Å². The maximum absolute atomic E-state index is 12.8. The third-order valence-corrected chi connectivity index (χ3v) is 5.52. The molecule has 1 aromatic rings. The van der Waals surface area contributed by atoms with Crippen molar-refractivity contribution >= 4 is 10.0 Å². The molecule has 0 amide bonds. The monoisotopic (exact) mass is 314 g/mol. The summed E-state index contributed by atoms with van der Waals surface area (Å²) in [5, 5.41) is 0. The van der Waals surface area contributed by atoms with Gasteiger partial charge < -0.3 is 15.2 Å². The largest absolute Gasteiger partial charge is 0.497 e. The summed E-state index contributed by atoms with van der Waals surface area (Å²) in [5.74, 6) is 1.07. The molecule has 21 heavy (non-hydrogen) atoms. The Labute approximate surface area is 125 Å². The van der Waals surface area contributed by atoms with Gasteiger partial charge in [0.05, 0.1) is 14.2 Å². The van der Waals surface area contributed by atoms with Crippen LogP contribution in [0, 0.1) is 5.92 Å². The molecule has 0 bridgehead atoms. The minimum atomic E-state index is -3.62. The number of benzene rings is 1. The van der Waals surface area contributed by atoms with Gasteiger partial charge in [0.2, 0.25) is 10.0 Å². The van der Waals surface area contributed by atoms with Crippen molar-refractivity contribution in [2.45, 2.75) is 24.3 Å². The number of hydrogen-bond donors (Lipinski definition) is 1. The smallest absolute Gasteiger partial charge is 0.246 e. The molecular weight excluding hydrogens is 292 g/mol. The van der Waals surface area contributed by atoms with Crippen molar-refractivity contribution < 1.29 is 17.9 Å². The number of nitrogens with two attached hydrogens (primary N) is 1. The van der Waals surface area contributed by atoms with Gasteiger partial charge in [-0.3, -0.25) is 0 Å². The summed E-state index contributed by atoms with van der Waals surface area (Å²) >= 11 is 0. The molecule has 0 radical (unpaired) electrons. The Bertz CT molecular complexity index is 593. The van der Waals surface area contributed by atoms with E-state index in [4.69, 9.17) is 15.2 Å². The molecule has 1 aliphatic heterocycles. The van der Waals surface area contributed by atoms with Crippen molar-refractivity contribution in [1.29, 1.82) is 0 Å². The maximum atomic E-state index is 12.8. The lowest BCUT2D eigenvalue weighted by Gasteiger charge is -2.34. The highest BCUT2D eigenvalue weighted by atomic mass is 32.2. The molecular formula is C14H22N2O4S. The van der Waals surface area contributed by atoms with Gasteiger partial charge in [-0.25, -0.2) is 8.42 Å². The fraction of sp³-hybridized carbons (Fsp3) is 0.571. The topological polar surface area (TPSA) is 81.9 Å². The van der Waals surface area contributed by atoms with Gasteiger partial charge in [0.25, 0.3) is 0 Å². The van der Waals surface area contributed by atoms with Crippen molar-refractivity contribution in [2.75, 3.05) is 27.3 Å². The Morgan fingerprint density at radius 3 is 2.52 bits per heavy atom. The number of piperidine rings is 1. The number of sulfonamides is 1. The Morgan fingerprint density at radius 2 is 1.95 bits per heavy atom. The molecule has 2 atom stereocenters. The first-order valence-electron chi connectivity index (χ1n) is 6.86. The van der Waals surface area contributed by atoms with Crippen LogP contribution in [0.5, 0.6) is 11.5 Å². The number of rotatable bonds is 4. The van der Waals surface area contributed by atoms with Crippen LogP contribution in [0.3, 0.4) is 0 Å². The van der Waals surface area contributed by atoms with E-state index in [1.807, 2.05) is 6.92 Å². The molecule has 0 saturated carbocycles. The van der Waals surface area contributed by atoms with Crippen LogP contribution >= 0.6 is 0 Å². The minimum absolute atomic E-state index is 0.132. The number of nitrogens with zero attached hydrogens (tertiary/aromatic N) is 1. The highest BCUT2D eigenvalue weighted by Gasteiger charge is 2.33. The first kappa shape index (κ1) is 16.1. The van der Waals surface area contributed by atoms with Gasteiger partial charge in [0, 0.05) is 25.2 Å². The van der Waals surface area contributed by atoms with E-state index in [0.717, 1.165) is 6.42 Å². The maximum Gasteiger partial charge on any atom is 0.246 e. The summed E-state index contributed by atoms with van der Waals surface area (Å²) in [6.07, 6.45) is 0.839. The van der Waals surface area contributed by atoms with Crippen LogP contribution < -0.4 is 15.2 Å². The van der Waals surface area contributed by atoms with Crippen LogP contribution in [0.1, 0.15) is 13.3 Å². The highest BCUT2D eigenvalue weighted by Crippen LogP contribution is 2.32. The molecule has 118 valence electrons. The molecule has 0 spiro atoms. The van der Waals surface area contributed by atoms with Crippen molar-refractivity contribution in [3.05, 3.63) is 18.2 Å². The van der Waals surface area contributed by atoms with E-state index < -0.39 is 10.0 Å². The number of methoxy groups -OCH3 is 2. The lowest BCUT2D eigenvalue weighted by atomic mass is 9.99. The van der Waals surface area contributed by atoms with E-state index in [1.165, 1.54) is 24.6 Å². The summed E-state index contributed by atoms with van der Waals surface area (Å²) in [6, 6.07) is 4.56. The third-order valence-electron chi connectivity index (χ3n) is 3.65. The molecule has 1 saturated heterocycles. The Balaban J connectivity index is 2.39. The first-order chi connectivity index (χ1) is 9.88. The van der Waals surface area contributed by atoms with Gasteiger partial charge in [0.15, 0.2) is 0 Å². The van der Waals surface area contributed by atoms with Crippen LogP contribution in [0.4, 0.5) is 0 Å². The second-order valence-electron chi connectivity index (χ2n) is 5.44. The molecule has 0 aliphatic carbocycles. The van der Waals surface area contributed by atoms with E-state index in [1.54, 1.807) is 12.1 Å². The van der Waals surface area contributed by atoms with E-state index in [0.29, 0.717) is 18.8 Å². The summed E-state index contributed by atoms with van der Waals surface area (Å²) in [4.78, 5) is 0.145. The molecule has 1 aromatic carbocycles. The van der Waals surface area contributed by atoms with Crippen molar-refractivity contribution in [1.82, 2.24) is 4.31 Å². The third kappa shape index (κ3) is 3.30. The molecule has 2 rings (SSSR count). The average Bonchev–Trinajstić information content (AvgIpc) is 2.45. The van der Waals surface area contributed by atoms with Gasteiger partial charge in [-0.1, -0.05) is 6.92 Å². The second-order valence-corrected chi connectivity index (χ2v) is 7.35. The second kappa shape index (κ2) is 6.21. The first-order valence-corrected chi connectivity index (χ1v) is 8.30. The van der Waals surface area contributed by atoms with Crippen LogP contribution in [0.25, 0.3) is 0 Å². The van der Waals surface area contributed by atoms with E-state index in [2.05, 4.69) is 0 Å². The zero-order valence-electron chi connectivity index (χ0n) is 12.6. The zero-order chi connectivity index (χ0) is 15.6. The lowest BCUT2D eigenvalue weighted by Crippen LogP contribution is -2.48. The van der Waals surface area contributed by atoms with Crippen molar-refractivity contribution in [2.24, 2.45) is 11.7 Å². The minimum Gasteiger partial charge on any atom is -0.497 e. The molecule has 1 fully saturated rings.